The number of amides is 1. The molecule has 3 N–H and O–H groups in total. The van der Waals surface area contributed by atoms with Gasteiger partial charge in [0.05, 0.1) is 12.0 Å². The predicted octanol–water partition coefficient (Wildman–Crippen LogP) is 1.88. The lowest BCUT2D eigenvalue weighted by molar-refractivity contribution is -0.126. The summed E-state index contributed by atoms with van der Waals surface area (Å²) < 4.78 is 5.49. The molecular formula is C16H24N2O3. The average Bonchev–Trinajstić information content (AvgIpc) is 2.82. The minimum Gasteiger partial charge on any atom is -0.507 e. The molecule has 0 saturated carbocycles. The zero-order valence-electron chi connectivity index (χ0n) is 12.8. The fraction of sp³-hybridized carbons (Fsp3) is 0.562. The maximum atomic E-state index is 11.5. The number of carbonyl (C=O) groups excluding carboxylic acids is 1. The summed E-state index contributed by atoms with van der Waals surface area (Å²) in [6, 6.07) is 5.39. The van der Waals surface area contributed by atoms with Gasteiger partial charge in [-0.25, -0.2) is 0 Å². The van der Waals surface area contributed by atoms with Gasteiger partial charge in [-0.1, -0.05) is 13.0 Å². The molecular weight excluding hydrogens is 268 g/mol. The lowest BCUT2D eigenvalue weighted by Crippen LogP contribution is -2.36. The van der Waals surface area contributed by atoms with E-state index < -0.39 is 5.41 Å². The number of rotatable bonds is 6. The average molecular weight is 292 g/mol. The van der Waals surface area contributed by atoms with Crippen LogP contribution in [-0.4, -0.2) is 35.6 Å². The number of phenolic OH excluding ortho intramolecular Hbond substituents is 1. The van der Waals surface area contributed by atoms with E-state index in [2.05, 4.69) is 4.90 Å². The Labute approximate surface area is 125 Å². The van der Waals surface area contributed by atoms with E-state index in [0.29, 0.717) is 25.4 Å². The molecule has 1 aromatic carbocycles. The minimum atomic E-state index is -0.459. The van der Waals surface area contributed by atoms with Gasteiger partial charge in [0.25, 0.3) is 0 Å². The first-order chi connectivity index (χ1) is 9.94. The molecule has 21 heavy (non-hydrogen) atoms. The van der Waals surface area contributed by atoms with Crippen molar-refractivity contribution < 1.29 is 14.6 Å². The van der Waals surface area contributed by atoms with Crippen LogP contribution in [0, 0.1) is 5.41 Å². The summed E-state index contributed by atoms with van der Waals surface area (Å²) in [5, 5.41) is 10.1. The van der Waals surface area contributed by atoms with Gasteiger partial charge >= 0.3 is 0 Å². The Morgan fingerprint density at radius 2 is 2.29 bits per heavy atom. The summed E-state index contributed by atoms with van der Waals surface area (Å²) in [6.45, 7) is 6.64. The van der Waals surface area contributed by atoms with Gasteiger partial charge in [0.1, 0.15) is 11.5 Å². The van der Waals surface area contributed by atoms with Gasteiger partial charge in [-0.2, -0.15) is 0 Å². The normalized spacial score (nSPS) is 22.4. The number of carbonyl (C=O) groups is 1. The van der Waals surface area contributed by atoms with Crippen molar-refractivity contribution >= 4 is 5.91 Å². The first-order valence-corrected chi connectivity index (χ1v) is 7.41. The molecule has 5 nitrogen and oxygen atoms in total. The van der Waals surface area contributed by atoms with Crippen LogP contribution < -0.4 is 10.5 Å². The third kappa shape index (κ3) is 3.67. The molecule has 0 aliphatic carbocycles. The maximum Gasteiger partial charge on any atom is 0.224 e. The van der Waals surface area contributed by atoms with Crippen molar-refractivity contribution in [3.8, 4) is 11.5 Å². The molecule has 0 radical (unpaired) electrons. The Morgan fingerprint density at radius 3 is 2.86 bits per heavy atom. The fourth-order valence-corrected chi connectivity index (χ4v) is 2.62. The number of ether oxygens (including phenoxy) is 1. The van der Waals surface area contributed by atoms with Crippen LogP contribution in [0.3, 0.4) is 0 Å². The largest absolute Gasteiger partial charge is 0.507 e. The van der Waals surface area contributed by atoms with Crippen molar-refractivity contribution in [2.75, 3.05) is 19.7 Å². The van der Waals surface area contributed by atoms with Crippen molar-refractivity contribution in [3.05, 3.63) is 23.8 Å². The molecule has 0 aromatic heterocycles. The summed E-state index contributed by atoms with van der Waals surface area (Å²) in [5.74, 6) is 0.662. The lowest BCUT2D eigenvalue weighted by atomic mass is 9.89. The Hall–Kier alpha value is -1.75. The van der Waals surface area contributed by atoms with Crippen LogP contribution in [0.2, 0.25) is 0 Å². The molecule has 116 valence electrons. The van der Waals surface area contributed by atoms with Crippen molar-refractivity contribution in [1.29, 1.82) is 0 Å². The fourth-order valence-electron chi connectivity index (χ4n) is 2.62. The van der Waals surface area contributed by atoms with E-state index >= 15 is 0 Å². The van der Waals surface area contributed by atoms with Gasteiger partial charge in [0.15, 0.2) is 0 Å². The van der Waals surface area contributed by atoms with Gasteiger partial charge in [0.2, 0.25) is 5.91 Å². The number of phenols is 1. The van der Waals surface area contributed by atoms with Crippen molar-refractivity contribution in [2.45, 2.75) is 33.2 Å². The highest BCUT2D eigenvalue weighted by Crippen LogP contribution is 2.32. The third-order valence-corrected chi connectivity index (χ3v) is 4.07. The molecule has 1 aliphatic rings. The van der Waals surface area contributed by atoms with Crippen molar-refractivity contribution in [1.82, 2.24) is 4.90 Å². The molecule has 1 atom stereocenters. The lowest BCUT2D eigenvalue weighted by Gasteiger charge is -2.21. The zero-order chi connectivity index (χ0) is 15.5. The molecule has 1 fully saturated rings. The Morgan fingerprint density at radius 1 is 1.52 bits per heavy atom. The zero-order valence-corrected chi connectivity index (χ0v) is 12.8. The van der Waals surface area contributed by atoms with E-state index in [1.807, 2.05) is 26.0 Å². The van der Waals surface area contributed by atoms with E-state index in [4.69, 9.17) is 10.5 Å². The summed E-state index contributed by atoms with van der Waals surface area (Å²) in [5.41, 5.74) is 5.83. The molecule has 1 aliphatic heterocycles. The first-order valence-electron chi connectivity index (χ1n) is 7.41. The molecule has 1 aromatic rings. The second kappa shape index (κ2) is 6.35. The topological polar surface area (TPSA) is 75.8 Å². The highest BCUT2D eigenvalue weighted by Gasteiger charge is 2.38. The molecule has 0 bridgehead atoms. The van der Waals surface area contributed by atoms with Crippen LogP contribution in [0.4, 0.5) is 0 Å². The smallest absolute Gasteiger partial charge is 0.224 e. The van der Waals surface area contributed by atoms with Crippen molar-refractivity contribution in [2.24, 2.45) is 11.1 Å². The Kier molecular flexibility index (Phi) is 4.73. The van der Waals surface area contributed by atoms with E-state index in [1.54, 1.807) is 6.07 Å². The van der Waals surface area contributed by atoms with E-state index in [9.17, 15) is 9.90 Å². The van der Waals surface area contributed by atoms with Gasteiger partial charge in [-0.3, -0.25) is 9.69 Å². The van der Waals surface area contributed by atoms with E-state index in [1.165, 1.54) is 0 Å². The number of nitrogens with two attached hydrogens (primary N) is 1. The third-order valence-electron chi connectivity index (χ3n) is 4.07. The Balaban J connectivity index is 1.99. The van der Waals surface area contributed by atoms with Crippen LogP contribution in [-0.2, 0) is 11.3 Å². The minimum absolute atomic E-state index is 0.233. The monoisotopic (exact) mass is 292 g/mol. The second-order valence-corrected chi connectivity index (χ2v) is 6.02. The van der Waals surface area contributed by atoms with Gasteiger partial charge in [-0.15, -0.1) is 0 Å². The predicted molar refractivity (Wildman–Crippen MR) is 81.1 cm³/mol. The number of likely N-dealkylation sites (tertiary alicyclic amines) is 1. The summed E-state index contributed by atoms with van der Waals surface area (Å²) in [7, 11) is 0. The SMILES string of the molecule is CCCOc1ccc(CN2CCC(C)(C(N)=O)C2)c(O)c1. The number of hydrogen-bond donors (Lipinski definition) is 2. The number of benzene rings is 1. The second-order valence-electron chi connectivity index (χ2n) is 6.02. The maximum absolute atomic E-state index is 11.5. The number of aromatic hydroxyl groups is 1. The quantitative estimate of drug-likeness (QED) is 0.839. The summed E-state index contributed by atoms with van der Waals surface area (Å²) >= 11 is 0. The van der Waals surface area contributed by atoms with E-state index in [0.717, 1.165) is 24.9 Å². The molecule has 0 spiro atoms. The number of primary amides is 1. The molecule has 2 rings (SSSR count). The van der Waals surface area contributed by atoms with Gasteiger partial charge in [0, 0.05) is 24.7 Å². The number of hydrogen-bond acceptors (Lipinski definition) is 4. The van der Waals surface area contributed by atoms with Crippen LogP contribution in [0.1, 0.15) is 32.3 Å². The van der Waals surface area contributed by atoms with Crippen LogP contribution in [0.25, 0.3) is 0 Å². The highest BCUT2D eigenvalue weighted by atomic mass is 16.5. The first kappa shape index (κ1) is 15.6. The van der Waals surface area contributed by atoms with Crippen LogP contribution >= 0.6 is 0 Å². The summed E-state index contributed by atoms with van der Waals surface area (Å²) in [6.07, 6.45) is 1.70. The Bertz CT molecular complexity index is 518. The highest BCUT2D eigenvalue weighted by molar-refractivity contribution is 5.81. The van der Waals surface area contributed by atoms with E-state index in [-0.39, 0.29) is 11.7 Å². The molecule has 5 heteroatoms. The van der Waals surface area contributed by atoms with Crippen LogP contribution in [0.15, 0.2) is 18.2 Å². The van der Waals surface area contributed by atoms with Gasteiger partial charge < -0.3 is 15.6 Å². The molecule has 1 saturated heterocycles. The number of nitrogens with zero attached hydrogens (tertiary/aromatic N) is 1. The molecule has 1 unspecified atom stereocenters. The van der Waals surface area contributed by atoms with Gasteiger partial charge in [-0.05, 0) is 32.4 Å². The molecule has 1 amide bonds. The van der Waals surface area contributed by atoms with Crippen molar-refractivity contribution in [3.63, 3.8) is 0 Å². The summed E-state index contributed by atoms with van der Waals surface area (Å²) in [4.78, 5) is 13.6. The standard InChI is InChI=1S/C16H24N2O3/c1-3-8-21-13-5-4-12(14(19)9-13)10-18-7-6-16(2,11-18)15(17)20/h4-5,9,19H,3,6-8,10-11H2,1-2H3,(H2,17,20). The molecule has 1 heterocycles. The van der Waals surface area contributed by atoms with Crippen LogP contribution in [0.5, 0.6) is 11.5 Å².